The number of aliphatic carboxylic acids is 1. The van der Waals surface area contributed by atoms with Crippen molar-refractivity contribution in [2.75, 3.05) is 0 Å². The fraction of sp³-hybridized carbons (Fsp3) is 0.174. The van der Waals surface area contributed by atoms with E-state index in [1.807, 2.05) is 18.2 Å². The van der Waals surface area contributed by atoms with Crippen molar-refractivity contribution in [2.45, 2.75) is 26.2 Å². The Labute approximate surface area is 182 Å². The number of hydrogen-bond donors (Lipinski definition) is 2. The Morgan fingerprint density at radius 2 is 1.84 bits per heavy atom. The first-order valence-electron chi connectivity index (χ1n) is 10.1. The highest BCUT2D eigenvalue weighted by Crippen LogP contribution is 2.25. The zero-order valence-corrected chi connectivity index (χ0v) is 17.3. The molecule has 0 unspecified atom stereocenters. The molecule has 0 radical (unpaired) electrons. The highest BCUT2D eigenvalue weighted by molar-refractivity contribution is 5.85. The van der Waals surface area contributed by atoms with Gasteiger partial charge in [-0.2, -0.15) is 14.9 Å². The second kappa shape index (κ2) is 8.84. The first kappa shape index (κ1) is 21.0. The molecule has 162 valence electrons. The molecular formula is C23H21N5O4. The van der Waals surface area contributed by atoms with Crippen molar-refractivity contribution in [2.24, 2.45) is 5.10 Å². The Kier molecular flexibility index (Phi) is 5.80. The Hall–Kier alpha value is -4.27. The SMILES string of the molecule is Cc1nc2ccccc2c(=O)n1N=Cc1c(CCCC(=O)O)nn(-c2ccccc2)c1O. The second-order valence-electron chi connectivity index (χ2n) is 7.22. The number of carbonyl (C=O) groups is 1. The number of fused-ring (bicyclic) bond motifs is 1. The summed E-state index contributed by atoms with van der Waals surface area (Å²) in [5.41, 5.74) is 1.70. The lowest BCUT2D eigenvalue weighted by molar-refractivity contribution is -0.137. The zero-order chi connectivity index (χ0) is 22.7. The molecule has 0 bridgehead atoms. The maximum atomic E-state index is 12.9. The van der Waals surface area contributed by atoms with Crippen LogP contribution in [0.1, 0.15) is 29.9 Å². The molecule has 2 N–H and O–H groups in total. The fourth-order valence-electron chi connectivity index (χ4n) is 3.42. The molecule has 2 aromatic heterocycles. The number of aromatic hydroxyl groups is 1. The van der Waals surface area contributed by atoms with E-state index in [1.165, 1.54) is 15.6 Å². The Balaban J connectivity index is 1.78. The number of nitrogens with zero attached hydrogens (tertiary/aromatic N) is 5. The van der Waals surface area contributed by atoms with Gasteiger partial charge in [-0.1, -0.05) is 30.3 Å². The van der Waals surface area contributed by atoms with Crippen molar-refractivity contribution in [3.63, 3.8) is 0 Å². The molecule has 0 saturated carbocycles. The van der Waals surface area contributed by atoms with Gasteiger partial charge >= 0.3 is 5.97 Å². The average molecular weight is 431 g/mol. The Morgan fingerprint density at radius 1 is 1.12 bits per heavy atom. The van der Waals surface area contributed by atoms with E-state index in [0.717, 1.165) is 0 Å². The standard InChI is InChI=1S/C23H21N5O4/c1-15-25-19-11-6-5-10-17(19)22(31)27(15)24-14-18-20(12-7-13-21(29)30)26-28(23(18)32)16-8-3-2-4-9-16/h2-6,8-11,14,32H,7,12-13H2,1H3,(H,29,30). The van der Waals surface area contributed by atoms with Crippen LogP contribution in [0.15, 0.2) is 64.5 Å². The minimum atomic E-state index is -0.906. The normalized spacial score (nSPS) is 11.4. The molecule has 0 aliphatic heterocycles. The van der Waals surface area contributed by atoms with E-state index in [1.54, 1.807) is 43.3 Å². The summed E-state index contributed by atoms with van der Waals surface area (Å²) in [5, 5.41) is 29.0. The first-order chi connectivity index (χ1) is 15.5. The molecule has 0 fully saturated rings. The highest BCUT2D eigenvalue weighted by atomic mass is 16.4. The minimum Gasteiger partial charge on any atom is -0.493 e. The number of rotatable bonds is 7. The molecule has 9 nitrogen and oxygen atoms in total. The second-order valence-corrected chi connectivity index (χ2v) is 7.22. The topological polar surface area (TPSA) is 123 Å². The molecule has 0 amide bonds. The van der Waals surface area contributed by atoms with Gasteiger partial charge in [0.15, 0.2) is 0 Å². The van der Waals surface area contributed by atoms with Crippen molar-refractivity contribution >= 4 is 23.1 Å². The van der Waals surface area contributed by atoms with Crippen LogP contribution in [0.2, 0.25) is 0 Å². The lowest BCUT2D eigenvalue weighted by atomic mass is 10.1. The molecule has 4 rings (SSSR count). The smallest absolute Gasteiger partial charge is 0.303 e. The van der Waals surface area contributed by atoms with Crippen LogP contribution in [0.5, 0.6) is 5.88 Å². The zero-order valence-electron chi connectivity index (χ0n) is 17.3. The molecule has 32 heavy (non-hydrogen) atoms. The van der Waals surface area contributed by atoms with Crippen LogP contribution in [0, 0.1) is 6.92 Å². The largest absolute Gasteiger partial charge is 0.493 e. The summed E-state index contributed by atoms with van der Waals surface area (Å²) in [4.78, 5) is 28.2. The maximum Gasteiger partial charge on any atom is 0.303 e. The fourth-order valence-corrected chi connectivity index (χ4v) is 3.42. The van der Waals surface area contributed by atoms with Crippen LogP contribution in [-0.4, -0.2) is 41.8 Å². The predicted molar refractivity (Wildman–Crippen MR) is 120 cm³/mol. The summed E-state index contributed by atoms with van der Waals surface area (Å²) >= 11 is 0. The number of aryl methyl sites for hydroxylation is 2. The van der Waals surface area contributed by atoms with Gasteiger partial charge in [0.25, 0.3) is 5.56 Å². The lowest BCUT2D eigenvalue weighted by Gasteiger charge is -2.05. The summed E-state index contributed by atoms with van der Waals surface area (Å²) in [6.07, 6.45) is 2.01. The molecule has 2 heterocycles. The summed E-state index contributed by atoms with van der Waals surface area (Å²) in [7, 11) is 0. The molecule has 0 atom stereocenters. The third-order valence-electron chi connectivity index (χ3n) is 5.00. The molecular weight excluding hydrogens is 410 g/mol. The molecule has 0 spiro atoms. The summed E-state index contributed by atoms with van der Waals surface area (Å²) < 4.78 is 2.54. The summed E-state index contributed by atoms with van der Waals surface area (Å²) in [6, 6.07) is 16.1. The number of aromatic nitrogens is 4. The van der Waals surface area contributed by atoms with Crippen molar-refractivity contribution in [3.05, 3.63) is 82.0 Å². The number of hydrogen-bond acceptors (Lipinski definition) is 6. The number of carboxylic acids is 1. The van der Waals surface area contributed by atoms with Crippen LogP contribution >= 0.6 is 0 Å². The van der Waals surface area contributed by atoms with Crippen LogP contribution in [0.4, 0.5) is 0 Å². The van der Waals surface area contributed by atoms with Gasteiger partial charge in [0.2, 0.25) is 5.88 Å². The minimum absolute atomic E-state index is 0.0251. The Bertz CT molecular complexity index is 1370. The summed E-state index contributed by atoms with van der Waals surface area (Å²) in [6.45, 7) is 1.67. The molecule has 0 aliphatic carbocycles. The molecule has 0 aliphatic rings. The van der Waals surface area contributed by atoms with Crippen LogP contribution in [-0.2, 0) is 11.2 Å². The molecule has 0 saturated heterocycles. The van der Waals surface area contributed by atoms with Crippen molar-refractivity contribution in [3.8, 4) is 11.6 Å². The van der Waals surface area contributed by atoms with Crippen molar-refractivity contribution < 1.29 is 15.0 Å². The number of carboxylic acid groups (broad SMARTS) is 1. The number of benzene rings is 2. The highest BCUT2D eigenvalue weighted by Gasteiger charge is 2.18. The van der Waals surface area contributed by atoms with E-state index >= 15 is 0 Å². The van der Waals surface area contributed by atoms with Crippen molar-refractivity contribution in [1.82, 2.24) is 19.4 Å². The van der Waals surface area contributed by atoms with Crippen LogP contribution in [0.3, 0.4) is 0 Å². The maximum absolute atomic E-state index is 12.9. The molecule has 2 aromatic carbocycles. The first-order valence-corrected chi connectivity index (χ1v) is 10.1. The third-order valence-corrected chi connectivity index (χ3v) is 5.00. The van der Waals surface area contributed by atoms with E-state index in [0.29, 0.717) is 46.5 Å². The quantitative estimate of drug-likeness (QED) is 0.434. The average Bonchev–Trinajstić information content (AvgIpc) is 3.09. The predicted octanol–water partition coefficient (Wildman–Crippen LogP) is 2.89. The molecule has 4 aromatic rings. The van der Waals surface area contributed by atoms with Gasteiger partial charge in [-0.25, -0.2) is 9.67 Å². The van der Waals surface area contributed by atoms with E-state index in [4.69, 9.17) is 5.11 Å². The van der Waals surface area contributed by atoms with Gasteiger partial charge in [-0.3, -0.25) is 9.59 Å². The van der Waals surface area contributed by atoms with E-state index < -0.39 is 5.97 Å². The van der Waals surface area contributed by atoms with E-state index in [9.17, 15) is 14.7 Å². The monoisotopic (exact) mass is 431 g/mol. The lowest BCUT2D eigenvalue weighted by Crippen LogP contribution is -2.20. The van der Waals surface area contributed by atoms with Crippen LogP contribution in [0.25, 0.3) is 16.6 Å². The summed E-state index contributed by atoms with van der Waals surface area (Å²) in [5.74, 6) is -0.659. The van der Waals surface area contributed by atoms with Gasteiger partial charge in [0.05, 0.1) is 34.1 Å². The van der Waals surface area contributed by atoms with Gasteiger partial charge in [0.1, 0.15) is 5.82 Å². The van der Waals surface area contributed by atoms with Crippen molar-refractivity contribution in [1.29, 1.82) is 0 Å². The van der Waals surface area contributed by atoms with Gasteiger partial charge in [-0.05, 0) is 44.0 Å². The molecule has 9 heteroatoms. The van der Waals surface area contributed by atoms with Gasteiger partial charge < -0.3 is 10.2 Å². The van der Waals surface area contributed by atoms with Crippen LogP contribution < -0.4 is 5.56 Å². The third kappa shape index (κ3) is 4.13. The van der Waals surface area contributed by atoms with Gasteiger partial charge in [0, 0.05) is 6.42 Å². The van der Waals surface area contributed by atoms with E-state index in [-0.39, 0.29) is 17.9 Å². The Morgan fingerprint density at radius 3 is 2.59 bits per heavy atom. The van der Waals surface area contributed by atoms with Gasteiger partial charge in [-0.15, -0.1) is 0 Å². The number of para-hydroxylation sites is 2. The van der Waals surface area contributed by atoms with E-state index in [2.05, 4.69) is 15.2 Å².